The van der Waals surface area contributed by atoms with E-state index in [1.807, 2.05) is 6.08 Å². The minimum Gasteiger partial charge on any atom is -0.464 e. The van der Waals surface area contributed by atoms with E-state index in [1.54, 1.807) is 19.9 Å². The van der Waals surface area contributed by atoms with Gasteiger partial charge in [0.05, 0.1) is 13.2 Å². The first-order valence-corrected chi connectivity index (χ1v) is 7.78. The summed E-state index contributed by atoms with van der Waals surface area (Å²) >= 11 is 0. The molecule has 1 rings (SSSR count). The number of carbonyl (C=O) groups is 3. The zero-order valence-corrected chi connectivity index (χ0v) is 13.6. The lowest BCUT2D eigenvalue weighted by Crippen LogP contribution is -2.63. The van der Waals surface area contributed by atoms with Gasteiger partial charge in [-0.25, -0.2) is 9.59 Å². The molecular weight excluding hydrogens is 286 g/mol. The first-order chi connectivity index (χ1) is 10.5. The van der Waals surface area contributed by atoms with Crippen LogP contribution in [0.3, 0.4) is 0 Å². The van der Waals surface area contributed by atoms with Crippen LogP contribution in [-0.2, 0) is 23.9 Å². The Morgan fingerprint density at radius 2 is 1.64 bits per heavy atom. The molecule has 0 fully saturated rings. The van der Waals surface area contributed by atoms with Gasteiger partial charge in [-0.3, -0.25) is 4.79 Å². The fourth-order valence-electron chi connectivity index (χ4n) is 2.60. The Morgan fingerprint density at radius 3 is 2.14 bits per heavy atom. The van der Waals surface area contributed by atoms with Gasteiger partial charge >= 0.3 is 11.9 Å². The second kappa shape index (κ2) is 8.56. The Hall–Kier alpha value is -1.85. The van der Waals surface area contributed by atoms with Crippen molar-refractivity contribution in [2.75, 3.05) is 19.8 Å². The predicted octanol–water partition coefficient (Wildman–Crippen LogP) is 1.83. The number of carbonyl (C=O) groups excluding carboxylic acids is 3. The molecule has 0 spiro atoms. The van der Waals surface area contributed by atoms with Gasteiger partial charge in [0.15, 0.2) is 0 Å². The number of hydrogen-bond donors (Lipinski definition) is 0. The summed E-state index contributed by atoms with van der Waals surface area (Å²) in [7, 11) is 0. The second-order valence-electron chi connectivity index (χ2n) is 5.14. The van der Waals surface area contributed by atoms with E-state index in [-0.39, 0.29) is 25.5 Å². The zero-order chi connectivity index (χ0) is 16.6. The highest BCUT2D eigenvalue weighted by Crippen LogP contribution is 2.27. The SMILES string of the molecule is CCOC(=O)C1(C(=O)OCC)C/C=C\CCCCN1C(C)=O. The van der Waals surface area contributed by atoms with Crippen LogP contribution in [0.15, 0.2) is 12.2 Å². The molecule has 0 atom stereocenters. The summed E-state index contributed by atoms with van der Waals surface area (Å²) in [5.74, 6) is -1.79. The van der Waals surface area contributed by atoms with E-state index in [9.17, 15) is 14.4 Å². The molecule has 1 heterocycles. The minimum absolute atomic E-state index is 0.0737. The summed E-state index contributed by atoms with van der Waals surface area (Å²) in [4.78, 5) is 38.6. The summed E-state index contributed by atoms with van der Waals surface area (Å²) in [6.45, 7) is 5.29. The lowest BCUT2D eigenvalue weighted by atomic mass is 9.92. The van der Waals surface area contributed by atoms with E-state index >= 15 is 0 Å². The predicted molar refractivity (Wildman–Crippen MR) is 81.0 cm³/mol. The summed E-state index contributed by atoms with van der Waals surface area (Å²) in [6.07, 6.45) is 6.22. The maximum absolute atomic E-state index is 12.6. The van der Waals surface area contributed by atoms with Gasteiger partial charge in [0.2, 0.25) is 11.4 Å². The van der Waals surface area contributed by atoms with Crippen molar-refractivity contribution in [3.63, 3.8) is 0 Å². The van der Waals surface area contributed by atoms with Crippen molar-refractivity contribution in [1.29, 1.82) is 0 Å². The number of ether oxygens (including phenoxy) is 2. The van der Waals surface area contributed by atoms with Crippen molar-refractivity contribution in [3.8, 4) is 0 Å². The molecule has 0 saturated carbocycles. The molecule has 1 amide bonds. The van der Waals surface area contributed by atoms with E-state index in [4.69, 9.17) is 9.47 Å². The summed E-state index contributed by atoms with van der Waals surface area (Å²) < 4.78 is 10.2. The molecular formula is C16H25NO5. The van der Waals surface area contributed by atoms with Gasteiger partial charge in [-0.2, -0.15) is 0 Å². The quantitative estimate of drug-likeness (QED) is 0.450. The van der Waals surface area contributed by atoms with Crippen molar-refractivity contribution < 1.29 is 23.9 Å². The highest BCUT2D eigenvalue weighted by atomic mass is 16.6. The lowest BCUT2D eigenvalue weighted by Gasteiger charge is -2.38. The molecule has 22 heavy (non-hydrogen) atoms. The van der Waals surface area contributed by atoms with E-state index in [0.717, 1.165) is 12.8 Å². The molecule has 0 bridgehead atoms. The zero-order valence-electron chi connectivity index (χ0n) is 13.6. The molecule has 6 heteroatoms. The van der Waals surface area contributed by atoms with Crippen molar-refractivity contribution in [1.82, 2.24) is 4.90 Å². The topological polar surface area (TPSA) is 72.9 Å². The van der Waals surface area contributed by atoms with Gasteiger partial charge in [-0.15, -0.1) is 0 Å². The lowest BCUT2D eigenvalue weighted by molar-refractivity contribution is -0.178. The molecule has 6 nitrogen and oxygen atoms in total. The van der Waals surface area contributed by atoms with Gasteiger partial charge in [0.1, 0.15) is 0 Å². The van der Waals surface area contributed by atoms with Gasteiger partial charge in [-0.05, 0) is 33.1 Å². The average Bonchev–Trinajstić information content (AvgIpc) is 2.57. The van der Waals surface area contributed by atoms with Crippen LogP contribution >= 0.6 is 0 Å². The molecule has 0 aromatic carbocycles. The third-order valence-electron chi connectivity index (χ3n) is 3.65. The van der Waals surface area contributed by atoms with Crippen molar-refractivity contribution >= 4 is 17.8 Å². The fraction of sp³-hybridized carbons (Fsp3) is 0.688. The Labute approximate surface area is 131 Å². The van der Waals surface area contributed by atoms with E-state index in [1.165, 1.54) is 11.8 Å². The molecule has 0 radical (unpaired) electrons. The van der Waals surface area contributed by atoms with Crippen LogP contribution in [0.4, 0.5) is 0 Å². The van der Waals surface area contributed by atoms with Crippen LogP contribution in [-0.4, -0.2) is 48.0 Å². The van der Waals surface area contributed by atoms with Crippen LogP contribution in [0, 0.1) is 0 Å². The third kappa shape index (κ3) is 3.87. The van der Waals surface area contributed by atoms with Crippen LogP contribution in [0.25, 0.3) is 0 Å². The number of amides is 1. The van der Waals surface area contributed by atoms with Crippen molar-refractivity contribution in [3.05, 3.63) is 12.2 Å². The number of nitrogens with zero attached hydrogens (tertiary/aromatic N) is 1. The number of hydrogen-bond acceptors (Lipinski definition) is 5. The first-order valence-electron chi connectivity index (χ1n) is 7.78. The van der Waals surface area contributed by atoms with Crippen LogP contribution in [0.1, 0.15) is 46.5 Å². The summed E-state index contributed by atoms with van der Waals surface area (Å²) in [5, 5.41) is 0. The number of allylic oxidation sites excluding steroid dienone is 1. The van der Waals surface area contributed by atoms with E-state index in [0.29, 0.717) is 13.0 Å². The first kappa shape index (κ1) is 18.2. The molecule has 0 saturated heterocycles. The highest BCUT2D eigenvalue weighted by Gasteiger charge is 2.54. The van der Waals surface area contributed by atoms with E-state index < -0.39 is 17.5 Å². The molecule has 0 aromatic heterocycles. The number of rotatable bonds is 4. The average molecular weight is 311 g/mol. The minimum atomic E-state index is -1.72. The largest absolute Gasteiger partial charge is 0.464 e. The van der Waals surface area contributed by atoms with Gasteiger partial charge < -0.3 is 14.4 Å². The van der Waals surface area contributed by atoms with Crippen molar-refractivity contribution in [2.24, 2.45) is 0 Å². The molecule has 0 N–H and O–H groups in total. The van der Waals surface area contributed by atoms with Crippen LogP contribution in [0.5, 0.6) is 0 Å². The molecule has 0 aromatic rings. The van der Waals surface area contributed by atoms with Gasteiger partial charge in [0.25, 0.3) is 0 Å². The number of esters is 2. The third-order valence-corrected chi connectivity index (χ3v) is 3.65. The van der Waals surface area contributed by atoms with Crippen LogP contribution < -0.4 is 0 Å². The summed E-state index contributed by atoms with van der Waals surface area (Å²) in [5.41, 5.74) is -1.72. The molecule has 0 unspecified atom stereocenters. The molecule has 0 aliphatic carbocycles. The van der Waals surface area contributed by atoms with E-state index in [2.05, 4.69) is 0 Å². The monoisotopic (exact) mass is 311 g/mol. The maximum Gasteiger partial charge on any atom is 0.344 e. The van der Waals surface area contributed by atoms with Crippen molar-refractivity contribution in [2.45, 2.75) is 52.0 Å². The Morgan fingerprint density at radius 1 is 1.05 bits per heavy atom. The summed E-state index contributed by atoms with van der Waals surface area (Å²) in [6, 6.07) is 0. The van der Waals surface area contributed by atoms with Gasteiger partial charge in [-0.1, -0.05) is 12.2 Å². The standard InChI is InChI=1S/C16H25NO5/c1-4-21-14(19)16(15(20)22-5-2)11-9-7-6-8-10-12-17(16)13(3)18/h7,9H,4-6,8,10-12H2,1-3H3/b9-7-. The highest BCUT2D eigenvalue weighted by molar-refractivity contribution is 6.07. The second-order valence-corrected chi connectivity index (χ2v) is 5.14. The maximum atomic E-state index is 12.6. The molecule has 1 aliphatic rings. The smallest absolute Gasteiger partial charge is 0.344 e. The Bertz CT molecular complexity index is 426. The fourth-order valence-corrected chi connectivity index (χ4v) is 2.60. The Balaban J connectivity index is 3.35. The molecule has 124 valence electrons. The normalized spacial score (nSPS) is 19.3. The molecule has 1 aliphatic heterocycles. The van der Waals surface area contributed by atoms with Crippen LogP contribution in [0.2, 0.25) is 0 Å². The Kier molecular flexibility index (Phi) is 7.08. The van der Waals surface area contributed by atoms with Gasteiger partial charge in [0, 0.05) is 19.9 Å².